The Balaban J connectivity index is 1.83. The molecule has 7 heteroatoms. The summed E-state index contributed by atoms with van der Waals surface area (Å²) < 4.78 is 5.13. The Bertz CT molecular complexity index is 562. The van der Waals surface area contributed by atoms with Gasteiger partial charge in [-0.05, 0) is 12.8 Å². The lowest BCUT2D eigenvalue weighted by atomic mass is 10.2. The number of H-pyrrole nitrogens is 1. The molecule has 3 rings (SSSR count). The van der Waals surface area contributed by atoms with Crippen molar-refractivity contribution in [2.45, 2.75) is 32.2 Å². The molecule has 1 amide bonds. The SMILES string of the molecule is CCc1nc([C@@H]2CCCN2C(=O)c2cnc[nH]2)no1. The summed E-state index contributed by atoms with van der Waals surface area (Å²) in [5.41, 5.74) is 0.492. The number of rotatable bonds is 3. The smallest absolute Gasteiger partial charge is 0.272 e. The molecule has 3 heterocycles. The Labute approximate surface area is 110 Å². The van der Waals surface area contributed by atoms with E-state index in [1.807, 2.05) is 6.92 Å². The van der Waals surface area contributed by atoms with Gasteiger partial charge in [0.2, 0.25) is 5.89 Å². The van der Waals surface area contributed by atoms with E-state index in [2.05, 4.69) is 20.1 Å². The second kappa shape index (κ2) is 4.83. The normalized spacial score (nSPS) is 19.0. The van der Waals surface area contributed by atoms with Crippen molar-refractivity contribution in [1.82, 2.24) is 25.0 Å². The van der Waals surface area contributed by atoms with Crippen LogP contribution in [0.5, 0.6) is 0 Å². The van der Waals surface area contributed by atoms with E-state index >= 15 is 0 Å². The Morgan fingerprint density at radius 2 is 2.53 bits per heavy atom. The van der Waals surface area contributed by atoms with E-state index in [0.717, 1.165) is 12.8 Å². The number of imidazole rings is 1. The van der Waals surface area contributed by atoms with E-state index in [-0.39, 0.29) is 11.9 Å². The summed E-state index contributed by atoms with van der Waals surface area (Å²) in [6, 6.07) is -0.0974. The maximum atomic E-state index is 12.3. The first-order valence-corrected chi connectivity index (χ1v) is 6.41. The van der Waals surface area contributed by atoms with E-state index in [1.54, 1.807) is 4.90 Å². The van der Waals surface area contributed by atoms with Crippen molar-refractivity contribution in [3.05, 3.63) is 29.9 Å². The molecule has 2 aromatic rings. The molecule has 0 bridgehead atoms. The van der Waals surface area contributed by atoms with Crippen LogP contribution in [0.3, 0.4) is 0 Å². The third-order valence-electron chi connectivity index (χ3n) is 3.33. The predicted molar refractivity (Wildman–Crippen MR) is 65.3 cm³/mol. The lowest BCUT2D eigenvalue weighted by Crippen LogP contribution is -2.31. The zero-order valence-corrected chi connectivity index (χ0v) is 10.7. The average molecular weight is 261 g/mol. The van der Waals surface area contributed by atoms with Gasteiger partial charge in [0.1, 0.15) is 5.69 Å². The number of hydrogen-bond donors (Lipinski definition) is 1. The molecule has 0 radical (unpaired) electrons. The molecular weight excluding hydrogens is 246 g/mol. The molecule has 1 atom stereocenters. The molecule has 0 aliphatic carbocycles. The largest absolute Gasteiger partial charge is 0.341 e. The van der Waals surface area contributed by atoms with Gasteiger partial charge in [-0.3, -0.25) is 4.79 Å². The highest BCUT2D eigenvalue weighted by molar-refractivity contribution is 5.92. The molecule has 0 aromatic carbocycles. The van der Waals surface area contributed by atoms with Gasteiger partial charge in [-0.1, -0.05) is 12.1 Å². The van der Waals surface area contributed by atoms with Gasteiger partial charge in [-0.15, -0.1) is 0 Å². The first-order chi connectivity index (χ1) is 9.29. The van der Waals surface area contributed by atoms with Gasteiger partial charge in [0.15, 0.2) is 5.82 Å². The van der Waals surface area contributed by atoms with Gasteiger partial charge in [0.05, 0.1) is 18.6 Å². The molecule has 100 valence electrons. The van der Waals surface area contributed by atoms with Crippen LogP contribution in [0.15, 0.2) is 17.0 Å². The first kappa shape index (κ1) is 11.9. The van der Waals surface area contributed by atoms with E-state index in [9.17, 15) is 4.79 Å². The predicted octanol–water partition coefficient (Wildman–Crippen LogP) is 1.33. The van der Waals surface area contributed by atoms with Crippen molar-refractivity contribution in [2.24, 2.45) is 0 Å². The topological polar surface area (TPSA) is 87.9 Å². The van der Waals surface area contributed by atoms with Crippen LogP contribution in [0.2, 0.25) is 0 Å². The second-order valence-corrected chi connectivity index (χ2v) is 4.52. The Kier molecular flexibility index (Phi) is 3.02. The van der Waals surface area contributed by atoms with Crippen LogP contribution in [-0.2, 0) is 6.42 Å². The summed E-state index contributed by atoms with van der Waals surface area (Å²) in [6.45, 7) is 2.66. The Morgan fingerprint density at radius 1 is 1.63 bits per heavy atom. The zero-order chi connectivity index (χ0) is 13.2. The lowest BCUT2D eigenvalue weighted by molar-refractivity contribution is 0.0723. The molecule has 1 N–H and O–H groups in total. The summed E-state index contributed by atoms with van der Waals surface area (Å²) in [5.74, 6) is 1.14. The van der Waals surface area contributed by atoms with Crippen LogP contribution < -0.4 is 0 Å². The number of hydrogen-bond acceptors (Lipinski definition) is 5. The fourth-order valence-corrected chi connectivity index (χ4v) is 2.35. The number of carbonyl (C=O) groups excluding carboxylic acids is 1. The van der Waals surface area contributed by atoms with Gasteiger partial charge in [0.25, 0.3) is 5.91 Å². The third-order valence-corrected chi connectivity index (χ3v) is 3.33. The van der Waals surface area contributed by atoms with Crippen molar-refractivity contribution in [1.29, 1.82) is 0 Å². The number of aromatic amines is 1. The molecule has 1 aliphatic rings. The molecular formula is C12H15N5O2. The van der Waals surface area contributed by atoms with Crippen molar-refractivity contribution in [3.8, 4) is 0 Å². The van der Waals surface area contributed by atoms with Gasteiger partial charge in [-0.25, -0.2) is 4.98 Å². The van der Waals surface area contributed by atoms with Gasteiger partial charge < -0.3 is 14.4 Å². The fraction of sp³-hybridized carbons (Fsp3) is 0.500. The molecule has 19 heavy (non-hydrogen) atoms. The number of nitrogens with zero attached hydrogens (tertiary/aromatic N) is 4. The summed E-state index contributed by atoms with van der Waals surface area (Å²) >= 11 is 0. The molecule has 0 spiro atoms. The number of amides is 1. The second-order valence-electron chi connectivity index (χ2n) is 4.52. The van der Waals surface area contributed by atoms with E-state index in [4.69, 9.17) is 4.52 Å². The van der Waals surface area contributed by atoms with Crippen LogP contribution in [0.25, 0.3) is 0 Å². The molecule has 0 unspecified atom stereocenters. The fourth-order valence-electron chi connectivity index (χ4n) is 2.35. The summed E-state index contributed by atoms with van der Waals surface area (Å²) in [7, 11) is 0. The summed E-state index contributed by atoms with van der Waals surface area (Å²) in [4.78, 5) is 25.2. The summed E-state index contributed by atoms with van der Waals surface area (Å²) in [5, 5.41) is 3.98. The average Bonchev–Trinajstić information content (AvgIpc) is 3.16. The summed E-state index contributed by atoms with van der Waals surface area (Å²) in [6.07, 6.45) is 5.55. The maximum Gasteiger partial charge on any atom is 0.272 e. The monoisotopic (exact) mass is 261 g/mol. The molecule has 1 aliphatic heterocycles. The number of likely N-dealkylation sites (tertiary alicyclic amines) is 1. The highest BCUT2D eigenvalue weighted by atomic mass is 16.5. The van der Waals surface area contributed by atoms with Crippen molar-refractivity contribution in [3.63, 3.8) is 0 Å². The maximum absolute atomic E-state index is 12.3. The number of carbonyl (C=O) groups is 1. The number of nitrogens with one attached hydrogen (secondary N) is 1. The van der Waals surface area contributed by atoms with E-state index in [1.165, 1.54) is 12.5 Å². The third kappa shape index (κ3) is 2.11. The van der Waals surface area contributed by atoms with Crippen molar-refractivity contribution in [2.75, 3.05) is 6.54 Å². The van der Waals surface area contributed by atoms with Crippen LogP contribution >= 0.6 is 0 Å². The molecule has 2 aromatic heterocycles. The molecule has 7 nitrogen and oxygen atoms in total. The van der Waals surface area contributed by atoms with Crippen LogP contribution in [0.4, 0.5) is 0 Å². The number of aromatic nitrogens is 4. The molecule has 1 saturated heterocycles. The van der Waals surface area contributed by atoms with Crippen molar-refractivity contribution >= 4 is 5.91 Å². The quantitative estimate of drug-likeness (QED) is 0.900. The molecule has 1 fully saturated rings. The van der Waals surface area contributed by atoms with Crippen molar-refractivity contribution < 1.29 is 9.32 Å². The van der Waals surface area contributed by atoms with Crippen LogP contribution in [-0.4, -0.2) is 37.5 Å². The van der Waals surface area contributed by atoms with Crippen LogP contribution in [0.1, 0.15) is 48.0 Å². The highest BCUT2D eigenvalue weighted by Gasteiger charge is 2.34. The standard InChI is InChI=1S/C12H15N5O2/c1-2-10-15-11(16-19-10)9-4-3-5-17(9)12(18)8-6-13-7-14-8/h6-7,9H,2-5H2,1H3,(H,13,14)/t9-/m0/s1. The van der Waals surface area contributed by atoms with Gasteiger partial charge >= 0.3 is 0 Å². The van der Waals surface area contributed by atoms with Crippen LogP contribution in [0, 0.1) is 0 Å². The minimum absolute atomic E-state index is 0.0668. The molecule has 0 saturated carbocycles. The van der Waals surface area contributed by atoms with E-state index in [0.29, 0.717) is 30.4 Å². The zero-order valence-electron chi connectivity index (χ0n) is 10.7. The highest BCUT2D eigenvalue weighted by Crippen LogP contribution is 2.31. The first-order valence-electron chi connectivity index (χ1n) is 6.41. The van der Waals surface area contributed by atoms with Gasteiger partial charge in [-0.2, -0.15) is 4.98 Å². The number of aryl methyl sites for hydroxylation is 1. The van der Waals surface area contributed by atoms with Gasteiger partial charge in [0, 0.05) is 13.0 Å². The Hall–Kier alpha value is -2.18. The minimum atomic E-state index is -0.0974. The lowest BCUT2D eigenvalue weighted by Gasteiger charge is -2.21. The minimum Gasteiger partial charge on any atom is -0.341 e. The van der Waals surface area contributed by atoms with E-state index < -0.39 is 0 Å². The Morgan fingerprint density at radius 3 is 3.21 bits per heavy atom.